The summed E-state index contributed by atoms with van der Waals surface area (Å²) in [6.45, 7) is 10.4. The van der Waals surface area contributed by atoms with Crippen LogP contribution in [-0.4, -0.2) is 40.3 Å². The molecule has 0 spiro atoms. The molecule has 0 saturated carbocycles. The second kappa shape index (κ2) is 8.48. The van der Waals surface area contributed by atoms with Gasteiger partial charge >= 0.3 is 0 Å². The first-order valence-corrected chi connectivity index (χ1v) is 10.6. The number of rotatable bonds is 3. The maximum Gasteiger partial charge on any atom is 0.159 e. The zero-order valence-electron chi connectivity index (χ0n) is 18.8. The molecule has 3 heterocycles. The van der Waals surface area contributed by atoms with E-state index in [-0.39, 0.29) is 12.1 Å². The standard InChI is InChI=1S/C24H28N6O/c1-15-14-31-10-9-30(15)23-11-21-22(13-26-23)29(5)18(4)28-24(21)27-17(3)20-8-6-7-19(12-25)16(20)2/h6-8,11,13,15,17H,9-10,14H2,1-5H3/t15-,17-/m1/s1. The first kappa shape index (κ1) is 21.0. The number of nitrogens with zero attached hydrogens (tertiary/aromatic N) is 6. The number of hydrogen-bond acceptors (Lipinski definition) is 6. The van der Waals surface area contributed by atoms with Crippen LogP contribution in [-0.2, 0) is 11.8 Å². The van der Waals surface area contributed by atoms with Crippen molar-refractivity contribution < 1.29 is 4.74 Å². The molecule has 2 aromatic heterocycles. The highest BCUT2D eigenvalue weighted by molar-refractivity contribution is 5.80. The smallest absolute Gasteiger partial charge is 0.159 e. The molecule has 1 aromatic carbocycles. The highest BCUT2D eigenvalue weighted by Crippen LogP contribution is 2.24. The number of aryl methyl sites for hydroxylation is 2. The number of fused-ring (bicyclic) bond motifs is 1. The van der Waals surface area contributed by atoms with Gasteiger partial charge in [0.1, 0.15) is 11.6 Å². The minimum atomic E-state index is -0.130. The van der Waals surface area contributed by atoms with Gasteiger partial charge in [-0.1, -0.05) is 12.1 Å². The molecule has 1 fully saturated rings. The lowest BCUT2D eigenvalue weighted by Gasteiger charge is -2.34. The topological polar surface area (TPSA) is 79.3 Å². The summed E-state index contributed by atoms with van der Waals surface area (Å²) in [7, 11) is 2.00. The molecular formula is C24H28N6O. The molecule has 0 aliphatic carbocycles. The number of ether oxygens (including phenoxy) is 1. The molecule has 0 amide bonds. The molecule has 0 radical (unpaired) electrons. The van der Waals surface area contributed by atoms with Crippen LogP contribution in [0.25, 0.3) is 10.9 Å². The highest BCUT2D eigenvalue weighted by Gasteiger charge is 2.21. The number of nitriles is 1. The highest BCUT2D eigenvalue weighted by atomic mass is 16.5. The van der Waals surface area contributed by atoms with Crippen molar-refractivity contribution in [1.82, 2.24) is 14.5 Å². The van der Waals surface area contributed by atoms with Crippen molar-refractivity contribution in [2.45, 2.75) is 39.8 Å². The summed E-state index contributed by atoms with van der Waals surface area (Å²) < 4.78 is 7.63. The number of pyridine rings is 1. The van der Waals surface area contributed by atoms with Gasteiger partial charge in [-0.25, -0.2) is 9.97 Å². The molecule has 160 valence electrons. The maximum atomic E-state index is 9.38. The van der Waals surface area contributed by atoms with Gasteiger partial charge in [0, 0.05) is 19.0 Å². The fraction of sp³-hybridized carbons (Fsp3) is 0.417. The third-order valence-electron chi connectivity index (χ3n) is 6.15. The van der Waals surface area contributed by atoms with E-state index in [2.05, 4.69) is 24.0 Å². The van der Waals surface area contributed by atoms with Crippen molar-refractivity contribution in [2.24, 2.45) is 12.0 Å². The summed E-state index contributed by atoms with van der Waals surface area (Å²) in [6, 6.07) is 10.3. The molecule has 0 N–H and O–H groups in total. The lowest BCUT2D eigenvalue weighted by Crippen LogP contribution is -2.44. The minimum Gasteiger partial charge on any atom is -0.377 e. The van der Waals surface area contributed by atoms with E-state index in [4.69, 9.17) is 19.7 Å². The molecule has 0 bridgehead atoms. The van der Waals surface area contributed by atoms with Crippen molar-refractivity contribution in [3.8, 4) is 6.07 Å². The van der Waals surface area contributed by atoms with Gasteiger partial charge in [0.05, 0.1) is 48.6 Å². The molecule has 7 heteroatoms. The van der Waals surface area contributed by atoms with Gasteiger partial charge in [-0.2, -0.15) is 5.26 Å². The Morgan fingerprint density at radius 3 is 2.87 bits per heavy atom. The van der Waals surface area contributed by atoms with Gasteiger partial charge in [-0.15, -0.1) is 0 Å². The van der Waals surface area contributed by atoms with Crippen molar-refractivity contribution >= 4 is 16.7 Å². The van der Waals surface area contributed by atoms with Crippen LogP contribution in [0.15, 0.2) is 35.5 Å². The fourth-order valence-corrected chi connectivity index (χ4v) is 4.15. The SMILES string of the molecule is Cc1c(C#N)cccc1[C@@H](C)N=c1nc(C)n(C)c2cnc(N3CCOC[C@H]3C)cc12. The Morgan fingerprint density at radius 2 is 2.13 bits per heavy atom. The summed E-state index contributed by atoms with van der Waals surface area (Å²) in [6.07, 6.45) is 1.91. The summed E-state index contributed by atoms with van der Waals surface area (Å²) in [5.41, 5.74) is 4.38. The summed E-state index contributed by atoms with van der Waals surface area (Å²) >= 11 is 0. The van der Waals surface area contributed by atoms with Gasteiger partial charge in [-0.3, -0.25) is 4.99 Å². The molecule has 1 saturated heterocycles. The van der Waals surface area contributed by atoms with Crippen LogP contribution >= 0.6 is 0 Å². The fourth-order valence-electron chi connectivity index (χ4n) is 4.15. The normalized spacial score (nSPS) is 18.3. The van der Waals surface area contributed by atoms with Crippen molar-refractivity contribution in [3.63, 3.8) is 0 Å². The lowest BCUT2D eigenvalue weighted by molar-refractivity contribution is 0.0985. The summed E-state index contributed by atoms with van der Waals surface area (Å²) in [4.78, 5) is 16.8. The monoisotopic (exact) mass is 416 g/mol. The Morgan fingerprint density at radius 1 is 1.32 bits per heavy atom. The molecular weight excluding hydrogens is 388 g/mol. The third kappa shape index (κ3) is 3.91. The van der Waals surface area contributed by atoms with Crippen LogP contribution in [0.2, 0.25) is 0 Å². The maximum absolute atomic E-state index is 9.38. The second-order valence-corrected chi connectivity index (χ2v) is 8.16. The number of benzene rings is 1. The Hall–Kier alpha value is -3.24. The van der Waals surface area contributed by atoms with Gasteiger partial charge < -0.3 is 14.2 Å². The second-order valence-electron chi connectivity index (χ2n) is 8.16. The largest absolute Gasteiger partial charge is 0.377 e. The molecule has 3 aromatic rings. The number of anilines is 1. The number of hydrogen-bond donors (Lipinski definition) is 0. The van der Waals surface area contributed by atoms with Gasteiger partial charge in [0.25, 0.3) is 0 Å². The van der Waals surface area contributed by atoms with E-state index in [9.17, 15) is 5.26 Å². The molecule has 1 aliphatic rings. The zero-order valence-corrected chi connectivity index (χ0v) is 18.8. The quantitative estimate of drug-likeness (QED) is 0.654. The van der Waals surface area contributed by atoms with Crippen molar-refractivity contribution in [2.75, 3.05) is 24.7 Å². The van der Waals surface area contributed by atoms with E-state index >= 15 is 0 Å². The van der Waals surface area contributed by atoms with E-state index in [1.165, 1.54) is 0 Å². The van der Waals surface area contributed by atoms with Crippen LogP contribution in [0.1, 0.15) is 42.4 Å². The van der Waals surface area contributed by atoms with Crippen molar-refractivity contribution in [1.29, 1.82) is 5.26 Å². The molecule has 31 heavy (non-hydrogen) atoms. The van der Waals surface area contributed by atoms with E-state index in [0.29, 0.717) is 24.3 Å². The predicted molar refractivity (Wildman–Crippen MR) is 121 cm³/mol. The lowest BCUT2D eigenvalue weighted by atomic mass is 9.98. The number of aromatic nitrogens is 3. The minimum absolute atomic E-state index is 0.130. The predicted octanol–water partition coefficient (Wildman–Crippen LogP) is 3.34. The Bertz CT molecular complexity index is 1240. The summed E-state index contributed by atoms with van der Waals surface area (Å²) in [5.74, 6) is 1.79. The van der Waals surface area contributed by atoms with E-state index < -0.39 is 0 Å². The average molecular weight is 417 g/mol. The van der Waals surface area contributed by atoms with Crippen LogP contribution in [0.3, 0.4) is 0 Å². The van der Waals surface area contributed by atoms with Crippen LogP contribution in [0.5, 0.6) is 0 Å². The molecule has 0 unspecified atom stereocenters. The summed E-state index contributed by atoms with van der Waals surface area (Å²) in [5, 5.41) is 10.4. The van der Waals surface area contributed by atoms with Crippen LogP contribution < -0.4 is 10.4 Å². The molecule has 4 rings (SSSR count). The van der Waals surface area contributed by atoms with E-state index in [1.807, 2.05) is 56.8 Å². The first-order chi connectivity index (χ1) is 14.9. The van der Waals surface area contributed by atoms with E-state index in [0.717, 1.165) is 40.2 Å². The Labute approximate surface area is 182 Å². The van der Waals surface area contributed by atoms with Crippen LogP contribution in [0.4, 0.5) is 5.82 Å². The molecule has 2 atom stereocenters. The van der Waals surface area contributed by atoms with Gasteiger partial charge in [0.2, 0.25) is 0 Å². The van der Waals surface area contributed by atoms with Gasteiger partial charge in [0.15, 0.2) is 5.49 Å². The zero-order chi connectivity index (χ0) is 22.1. The Kier molecular flexibility index (Phi) is 5.75. The Balaban J connectivity index is 1.87. The molecule has 7 nitrogen and oxygen atoms in total. The average Bonchev–Trinajstić information content (AvgIpc) is 2.77. The van der Waals surface area contributed by atoms with Crippen molar-refractivity contribution in [3.05, 3.63) is 58.5 Å². The third-order valence-corrected chi connectivity index (χ3v) is 6.15. The number of morpholine rings is 1. The van der Waals surface area contributed by atoms with Crippen LogP contribution in [0, 0.1) is 25.2 Å². The molecule has 1 aliphatic heterocycles. The van der Waals surface area contributed by atoms with E-state index in [1.54, 1.807) is 0 Å². The van der Waals surface area contributed by atoms with Gasteiger partial charge in [-0.05, 0) is 51.0 Å². The first-order valence-electron chi connectivity index (χ1n) is 10.6.